The van der Waals surface area contributed by atoms with Crippen LogP contribution < -0.4 is 10.0 Å². The van der Waals surface area contributed by atoms with Crippen molar-refractivity contribution in [2.75, 3.05) is 19.3 Å². The lowest BCUT2D eigenvalue weighted by atomic mass is 10.1. The minimum absolute atomic E-state index is 0.0178. The fraction of sp³-hybridized carbons (Fsp3) is 0.727. The highest BCUT2D eigenvalue weighted by atomic mass is 32.2. The summed E-state index contributed by atoms with van der Waals surface area (Å²) in [6.45, 7) is 7.94. The zero-order valence-electron chi connectivity index (χ0n) is 11.4. The highest BCUT2D eigenvalue weighted by molar-refractivity contribution is 7.88. The van der Waals surface area contributed by atoms with Crippen molar-refractivity contribution >= 4 is 10.0 Å². The summed E-state index contributed by atoms with van der Waals surface area (Å²) in [7, 11) is -3.09. The Balaban J connectivity index is 2.30. The van der Waals surface area contributed by atoms with E-state index in [9.17, 15) is 8.42 Å². The molecular formula is C11H22N4O2S. The van der Waals surface area contributed by atoms with Crippen LogP contribution >= 0.6 is 0 Å². The van der Waals surface area contributed by atoms with Crippen molar-refractivity contribution in [2.24, 2.45) is 0 Å². The molecule has 0 atom stereocenters. The Kier molecular flexibility index (Phi) is 4.89. The summed E-state index contributed by atoms with van der Waals surface area (Å²) < 4.78 is 26.0. The van der Waals surface area contributed by atoms with E-state index in [4.69, 9.17) is 0 Å². The summed E-state index contributed by atoms with van der Waals surface area (Å²) in [4.78, 5) is 0. The summed E-state index contributed by atoms with van der Waals surface area (Å²) in [5, 5.41) is 7.45. The minimum Gasteiger partial charge on any atom is -0.311 e. The molecule has 0 radical (unpaired) electrons. The van der Waals surface area contributed by atoms with Gasteiger partial charge in [-0.05, 0) is 20.8 Å². The third-order valence-electron chi connectivity index (χ3n) is 2.32. The molecule has 1 aromatic rings. The maximum absolute atomic E-state index is 10.8. The fourth-order valence-electron chi connectivity index (χ4n) is 1.38. The number of sulfonamides is 1. The van der Waals surface area contributed by atoms with Gasteiger partial charge in [0.25, 0.3) is 0 Å². The molecule has 1 heterocycles. The van der Waals surface area contributed by atoms with Gasteiger partial charge in [0.15, 0.2) is 0 Å². The Morgan fingerprint density at radius 3 is 2.50 bits per heavy atom. The second kappa shape index (κ2) is 5.81. The van der Waals surface area contributed by atoms with Crippen LogP contribution in [0.5, 0.6) is 0 Å². The molecule has 2 N–H and O–H groups in total. The van der Waals surface area contributed by atoms with Gasteiger partial charge in [0, 0.05) is 31.4 Å². The van der Waals surface area contributed by atoms with Gasteiger partial charge in [0.05, 0.1) is 18.0 Å². The van der Waals surface area contributed by atoms with Gasteiger partial charge in [0.2, 0.25) is 10.0 Å². The second-order valence-electron chi connectivity index (χ2n) is 5.31. The van der Waals surface area contributed by atoms with Crippen LogP contribution in [0.4, 0.5) is 0 Å². The van der Waals surface area contributed by atoms with Crippen LogP contribution in [0.2, 0.25) is 0 Å². The molecule has 104 valence electrons. The lowest BCUT2D eigenvalue weighted by Gasteiger charge is -2.18. The third-order valence-corrected chi connectivity index (χ3v) is 3.05. The number of nitrogens with zero attached hydrogens (tertiary/aromatic N) is 2. The molecule has 0 bridgehead atoms. The zero-order chi connectivity index (χ0) is 13.8. The van der Waals surface area contributed by atoms with Gasteiger partial charge < -0.3 is 5.32 Å². The van der Waals surface area contributed by atoms with E-state index in [1.54, 1.807) is 0 Å². The second-order valence-corrected chi connectivity index (χ2v) is 7.14. The number of hydrogen-bond acceptors (Lipinski definition) is 4. The smallest absolute Gasteiger partial charge is 0.208 e. The molecule has 1 aromatic heterocycles. The summed E-state index contributed by atoms with van der Waals surface area (Å²) >= 11 is 0. The van der Waals surface area contributed by atoms with Crippen LogP contribution in [0.15, 0.2) is 12.4 Å². The van der Waals surface area contributed by atoms with Gasteiger partial charge in [-0.15, -0.1) is 0 Å². The Bertz CT molecular complexity index is 473. The van der Waals surface area contributed by atoms with Crippen molar-refractivity contribution in [1.82, 2.24) is 19.8 Å². The van der Waals surface area contributed by atoms with Crippen LogP contribution in [0.1, 0.15) is 26.3 Å². The molecule has 0 spiro atoms. The van der Waals surface area contributed by atoms with E-state index in [0.29, 0.717) is 19.6 Å². The molecule has 0 aliphatic heterocycles. The van der Waals surface area contributed by atoms with Gasteiger partial charge in [-0.3, -0.25) is 4.68 Å². The normalized spacial score (nSPS) is 12.9. The maximum Gasteiger partial charge on any atom is 0.208 e. The van der Waals surface area contributed by atoms with Crippen molar-refractivity contribution in [3.05, 3.63) is 18.0 Å². The first-order chi connectivity index (χ1) is 8.18. The van der Waals surface area contributed by atoms with Crippen molar-refractivity contribution in [2.45, 2.75) is 32.9 Å². The molecule has 0 aliphatic carbocycles. The SMILES string of the molecule is CC(C)(C)n1cc(CNCCNS(C)(=O)=O)cn1. The number of rotatable bonds is 6. The van der Waals surface area contributed by atoms with E-state index in [-0.39, 0.29) is 5.54 Å². The van der Waals surface area contributed by atoms with Crippen LogP contribution in [-0.2, 0) is 22.1 Å². The van der Waals surface area contributed by atoms with Gasteiger partial charge >= 0.3 is 0 Å². The van der Waals surface area contributed by atoms with Gasteiger partial charge in [0.1, 0.15) is 0 Å². The quantitative estimate of drug-likeness (QED) is 0.730. The van der Waals surface area contributed by atoms with Crippen molar-refractivity contribution in [3.63, 3.8) is 0 Å². The van der Waals surface area contributed by atoms with Crippen LogP contribution in [0.3, 0.4) is 0 Å². The Morgan fingerprint density at radius 2 is 2.00 bits per heavy atom. The highest BCUT2D eigenvalue weighted by Gasteiger charge is 2.13. The van der Waals surface area contributed by atoms with E-state index >= 15 is 0 Å². The molecule has 1 rings (SSSR count). The van der Waals surface area contributed by atoms with E-state index in [0.717, 1.165) is 11.8 Å². The average molecular weight is 274 g/mol. The average Bonchev–Trinajstić information content (AvgIpc) is 2.63. The van der Waals surface area contributed by atoms with Gasteiger partial charge in [-0.25, -0.2) is 13.1 Å². The summed E-state index contributed by atoms with van der Waals surface area (Å²) in [6, 6.07) is 0. The molecule has 0 unspecified atom stereocenters. The van der Waals surface area contributed by atoms with Gasteiger partial charge in [-0.1, -0.05) is 0 Å². The first-order valence-electron chi connectivity index (χ1n) is 5.88. The Hall–Kier alpha value is -0.920. The predicted molar refractivity (Wildman–Crippen MR) is 71.8 cm³/mol. The monoisotopic (exact) mass is 274 g/mol. The van der Waals surface area contributed by atoms with Crippen molar-refractivity contribution < 1.29 is 8.42 Å². The number of nitrogens with one attached hydrogen (secondary N) is 2. The van der Waals surface area contributed by atoms with Crippen LogP contribution in [-0.4, -0.2) is 37.5 Å². The highest BCUT2D eigenvalue weighted by Crippen LogP contribution is 2.12. The third kappa shape index (κ3) is 5.61. The zero-order valence-corrected chi connectivity index (χ0v) is 12.2. The molecule has 6 nitrogen and oxygen atoms in total. The molecule has 0 saturated carbocycles. The maximum atomic E-state index is 10.8. The topological polar surface area (TPSA) is 76.0 Å². The van der Waals surface area contributed by atoms with Crippen molar-refractivity contribution in [3.8, 4) is 0 Å². The summed E-state index contributed by atoms with van der Waals surface area (Å²) in [5.41, 5.74) is 1.07. The Morgan fingerprint density at radius 1 is 1.33 bits per heavy atom. The molecule has 0 aliphatic rings. The lowest BCUT2D eigenvalue weighted by molar-refractivity contribution is 0.355. The number of aromatic nitrogens is 2. The lowest BCUT2D eigenvalue weighted by Crippen LogP contribution is -2.30. The molecule has 0 fully saturated rings. The largest absolute Gasteiger partial charge is 0.311 e. The Labute approximate surface area is 109 Å². The molecule has 18 heavy (non-hydrogen) atoms. The fourth-order valence-corrected chi connectivity index (χ4v) is 1.85. The first kappa shape index (κ1) is 15.1. The molecule has 7 heteroatoms. The van der Waals surface area contributed by atoms with Gasteiger partial charge in [-0.2, -0.15) is 5.10 Å². The van der Waals surface area contributed by atoms with E-state index in [1.807, 2.05) is 17.1 Å². The molecule has 0 amide bonds. The predicted octanol–water partition coefficient (Wildman–Crippen LogP) is 0.277. The van der Waals surface area contributed by atoms with Crippen LogP contribution in [0.25, 0.3) is 0 Å². The standard InChI is InChI=1S/C11H22N4O2S/c1-11(2,3)15-9-10(8-13-15)7-12-5-6-14-18(4,16)17/h8-9,12,14H,5-7H2,1-4H3. The van der Waals surface area contributed by atoms with E-state index in [1.165, 1.54) is 0 Å². The summed E-state index contributed by atoms with van der Waals surface area (Å²) in [6.07, 6.45) is 4.97. The molecular weight excluding hydrogens is 252 g/mol. The molecule has 0 aromatic carbocycles. The van der Waals surface area contributed by atoms with Crippen molar-refractivity contribution in [1.29, 1.82) is 0 Å². The van der Waals surface area contributed by atoms with E-state index in [2.05, 4.69) is 35.9 Å². The minimum atomic E-state index is -3.09. The molecule has 0 saturated heterocycles. The number of hydrogen-bond donors (Lipinski definition) is 2. The van der Waals surface area contributed by atoms with Crippen LogP contribution in [0, 0.1) is 0 Å². The van der Waals surface area contributed by atoms with E-state index < -0.39 is 10.0 Å². The first-order valence-corrected chi connectivity index (χ1v) is 7.77. The summed E-state index contributed by atoms with van der Waals surface area (Å²) in [5.74, 6) is 0.